The molecule has 0 spiro atoms. The molecular formula is C22H23N5O4S. The normalized spacial score (nSPS) is 11.6. The summed E-state index contributed by atoms with van der Waals surface area (Å²) in [4.78, 5) is 35.8. The molecule has 0 aliphatic carbocycles. The first kappa shape index (κ1) is 23.0. The fourth-order valence-electron chi connectivity index (χ4n) is 3.02. The Labute approximate surface area is 189 Å². The van der Waals surface area contributed by atoms with Gasteiger partial charge in [0.25, 0.3) is 5.91 Å². The largest absolute Gasteiger partial charge is 0.478 e. The van der Waals surface area contributed by atoms with Gasteiger partial charge in [0, 0.05) is 17.8 Å². The summed E-state index contributed by atoms with van der Waals surface area (Å²) in [5.74, 6) is -0.905. The van der Waals surface area contributed by atoms with E-state index < -0.39 is 5.97 Å². The summed E-state index contributed by atoms with van der Waals surface area (Å²) in [6.45, 7) is 4.33. The molecule has 0 aliphatic heterocycles. The summed E-state index contributed by atoms with van der Waals surface area (Å²) in [5.41, 5.74) is 1.06. The standard InChI is InChI=1S/C22H23N5O4S/c1-3-27-19(14(2)23-20(29)15-8-5-4-6-9-15)25-26-22(27)32-13-18(28)24-17-11-7-10-16(12-17)21(30)31/h4-12,14H,3,13H2,1-2H3,(H,23,29)(H,24,28)(H,30,31)/t14-/m1/s1. The maximum absolute atomic E-state index is 12.4. The molecule has 1 atom stereocenters. The number of nitrogens with one attached hydrogen (secondary N) is 2. The minimum atomic E-state index is -1.06. The predicted octanol–water partition coefficient (Wildman–Crippen LogP) is 3.22. The van der Waals surface area contributed by atoms with Crippen LogP contribution in [0.2, 0.25) is 0 Å². The van der Waals surface area contributed by atoms with E-state index in [1.807, 2.05) is 24.5 Å². The Kier molecular flexibility index (Phi) is 7.61. The maximum atomic E-state index is 12.4. The van der Waals surface area contributed by atoms with Gasteiger partial charge >= 0.3 is 5.97 Å². The third kappa shape index (κ3) is 5.73. The second kappa shape index (κ2) is 10.6. The summed E-state index contributed by atoms with van der Waals surface area (Å²) in [6.07, 6.45) is 0. The van der Waals surface area contributed by atoms with Crippen molar-refractivity contribution in [1.29, 1.82) is 0 Å². The molecule has 3 rings (SSSR count). The molecule has 0 radical (unpaired) electrons. The quantitative estimate of drug-likeness (QED) is 0.425. The summed E-state index contributed by atoms with van der Waals surface area (Å²) in [5, 5.41) is 23.6. The number of benzene rings is 2. The van der Waals surface area contributed by atoms with E-state index in [0.717, 1.165) is 0 Å². The zero-order valence-corrected chi connectivity index (χ0v) is 18.4. The first-order valence-electron chi connectivity index (χ1n) is 9.94. The lowest BCUT2D eigenvalue weighted by molar-refractivity contribution is -0.113. The molecule has 1 heterocycles. The lowest BCUT2D eigenvalue weighted by Gasteiger charge is -2.15. The van der Waals surface area contributed by atoms with Gasteiger partial charge in [-0.1, -0.05) is 36.0 Å². The van der Waals surface area contributed by atoms with Crippen LogP contribution >= 0.6 is 11.8 Å². The number of carbonyl (C=O) groups excluding carboxylic acids is 2. The highest BCUT2D eigenvalue weighted by Gasteiger charge is 2.20. The molecule has 0 bridgehead atoms. The second-order valence-corrected chi connectivity index (χ2v) is 7.81. The molecule has 10 heteroatoms. The highest BCUT2D eigenvalue weighted by Crippen LogP contribution is 2.21. The monoisotopic (exact) mass is 453 g/mol. The van der Waals surface area contributed by atoms with E-state index in [1.165, 1.54) is 23.9 Å². The Morgan fingerprint density at radius 1 is 1.06 bits per heavy atom. The molecule has 9 nitrogen and oxygen atoms in total. The van der Waals surface area contributed by atoms with Crippen molar-refractivity contribution in [2.24, 2.45) is 0 Å². The molecule has 0 aliphatic rings. The molecule has 3 N–H and O–H groups in total. The maximum Gasteiger partial charge on any atom is 0.335 e. The van der Waals surface area contributed by atoms with Crippen molar-refractivity contribution in [3.8, 4) is 0 Å². The van der Waals surface area contributed by atoms with Crippen LogP contribution in [0.25, 0.3) is 0 Å². The number of aromatic nitrogens is 3. The summed E-state index contributed by atoms with van der Waals surface area (Å²) >= 11 is 1.21. The number of thioether (sulfide) groups is 1. The van der Waals surface area contributed by atoms with Gasteiger partial charge in [0.2, 0.25) is 5.91 Å². The van der Waals surface area contributed by atoms with Crippen molar-refractivity contribution in [3.05, 3.63) is 71.5 Å². The van der Waals surface area contributed by atoms with Crippen molar-refractivity contribution in [2.45, 2.75) is 31.6 Å². The number of carbonyl (C=O) groups is 3. The van der Waals surface area contributed by atoms with Crippen molar-refractivity contribution in [2.75, 3.05) is 11.1 Å². The van der Waals surface area contributed by atoms with Crippen LogP contribution in [0.3, 0.4) is 0 Å². The van der Waals surface area contributed by atoms with E-state index in [4.69, 9.17) is 5.11 Å². The summed E-state index contributed by atoms with van der Waals surface area (Å²) in [6, 6.07) is 14.6. The number of anilines is 1. The van der Waals surface area contributed by atoms with E-state index in [0.29, 0.717) is 28.8 Å². The fraction of sp³-hybridized carbons (Fsp3) is 0.227. The van der Waals surface area contributed by atoms with E-state index in [-0.39, 0.29) is 29.2 Å². The molecule has 0 unspecified atom stereocenters. The minimum absolute atomic E-state index is 0.0696. The lowest BCUT2D eigenvalue weighted by atomic mass is 10.2. The number of hydrogen-bond donors (Lipinski definition) is 3. The highest BCUT2D eigenvalue weighted by molar-refractivity contribution is 7.99. The minimum Gasteiger partial charge on any atom is -0.478 e. The van der Waals surface area contributed by atoms with Gasteiger partial charge in [0.05, 0.1) is 17.4 Å². The topological polar surface area (TPSA) is 126 Å². The van der Waals surface area contributed by atoms with Gasteiger partial charge in [-0.15, -0.1) is 10.2 Å². The molecule has 3 aromatic rings. The van der Waals surface area contributed by atoms with E-state index in [9.17, 15) is 14.4 Å². The fourth-order valence-corrected chi connectivity index (χ4v) is 3.82. The van der Waals surface area contributed by atoms with Gasteiger partial charge in [-0.3, -0.25) is 9.59 Å². The third-order valence-electron chi connectivity index (χ3n) is 4.56. The summed E-state index contributed by atoms with van der Waals surface area (Å²) in [7, 11) is 0. The number of amides is 2. The van der Waals surface area contributed by atoms with Crippen molar-refractivity contribution >= 4 is 35.2 Å². The predicted molar refractivity (Wildman–Crippen MR) is 121 cm³/mol. The smallest absolute Gasteiger partial charge is 0.335 e. The average molecular weight is 454 g/mol. The van der Waals surface area contributed by atoms with Gasteiger partial charge in [-0.25, -0.2) is 4.79 Å². The number of carboxylic acid groups (broad SMARTS) is 1. The van der Waals surface area contributed by atoms with Gasteiger partial charge in [-0.05, 0) is 44.2 Å². The number of aromatic carboxylic acids is 1. The average Bonchev–Trinajstić information content (AvgIpc) is 3.21. The van der Waals surface area contributed by atoms with Crippen LogP contribution in [-0.4, -0.2) is 43.4 Å². The van der Waals surface area contributed by atoms with Crippen LogP contribution < -0.4 is 10.6 Å². The second-order valence-electron chi connectivity index (χ2n) is 6.87. The molecule has 0 saturated carbocycles. The molecule has 32 heavy (non-hydrogen) atoms. The SMILES string of the molecule is CCn1c(SCC(=O)Nc2cccc(C(=O)O)c2)nnc1[C@@H](C)NC(=O)c1ccccc1. The van der Waals surface area contributed by atoms with E-state index in [1.54, 1.807) is 36.4 Å². The Bertz CT molecular complexity index is 1120. The summed E-state index contributed by atoms with van der Waals surface area (Å²) < 4.78 is 1.85. The number of hydrogen-bond acceptors (Lipinski definition) is 6. The highest BCUT2D eigenvalue weighted by atomic mass is 32.2. The number of rotatable bonds is 9. The molecule has 1 aromatic heterocycles. The van der Waals surface area contributed by atoms with E-state index >= 15 is 0 Å². The van der Waals surface area contributed by atoms with Gasteiger partial charge in [-0.2, -0.15) is 0 Å². The number of nitrogens with zero attached hydrogens (tertiary/aromatic N) is 3. The van der Waals surface area contributed by atoms with Crippen LogP contribution in [0.15, 0.2) is 59.8 Å². The van der Waals surface area contributed by atoms with Crippen LogP contribution in [0, 0.1) is 0 Å². The zero-order chi connectivity index (χ0) is 23.1. The van der Waals surface area contributed by atoms with Crippen LogP contribution in [0.1, 0.15) is 46.4 Å². The first-order chi connectivity index (χ1) is 15.4. The molecule has 166 valence electrons. The van der Waals surface area contributed by atoms with Crippen molar-refractivity contribution in [3.63, 3.8) is 0 Å². The first-order valence-corrected chi connectivity index (χ1v) is 10.9. The van der Waals surface area contributed by atoms with Crippen LogP contribution in [0.4, 0.5) is 5.69 Å². The zero-order valence-electron chi connectivity index (χ0n) is 17.6. The Morgan fingerprint density at radius 3 is 2.47 bits per heavy atom. The van der Waals surface area contributed by atoms with Gasteiger partial charge in [0.15, 0.2) is 11.0 Å². The third-order valence-corrected chi connectivity index (χ3v) is 5.52. The van der Waals surface area contributed by atoms with Crippen LogP contribution in [0.5, 0.6) is 0 Å². The molecular weight excluding hydrogens is 430 g/mol. The molecule has 0 fully saturated rings. The number of carboxylic acids is 1. The Morgan fingerprint density at radius 2 is 1.78 bits per heavy atom. The lowest BCUT2D eigenvalue weighted by Crippen LogP contribution is -2.28. The van der Waals surface area contributed by atoms with Crippen molar-refractivity contribution < 1.29 is 19.5 Å². The van der Waals surface area contributed by atoms with Gasteiger partial charge < -0.3 is 20.3 Å². The van der Waals surface area contributed by atoms with Gasteiger partial charge in [0.1, 0.15) is 0 Å². The molecule has 2 amide bonds. The Hall–Kier alpha value is -3.66. The van der Waals surface area contributed by atoms with E-state index in [2.05, 4.69) is 20.8 Å². The Balaban J connectivity index is 1.62. The molecule has 2 aromatic carbocycles. The van der Waals surface area contributed by atoms with Crippen molar-refractivity contribution in [1.82, 2.24) is 20.1 Å². The van der Waals surface area contributed by atoms with Crippen LogP contribution in [-0.2, 0) is 11.3 Å². The molecule has 0 saturated heterocycles.